The minimum absolute atomic E-state index is 0.0703. The third-order valence-corrected chi connectivity index (χ3v) is 1.36. The van der Waals surface area contributed by atoms with Crippen molar-refractivity contribution in [3.63, 3.8) is 0 Å². The van der Waals surface area contributed by atoms with Crippen LogP contribution in [0.3, 0.4) is 0 Å². The molecule has 12 heavy (non-hydrogen) atoms. The number of carboxylic acid groups (broad SMARTS) is 1. The zero-order valence-electron chi connectivity index (χ0n) is 7.26. The summed E-state index contributed by atoms with van der Waals surface area (Å²) in [5.74, 6) is -1.64. The molecular formula is C8H13NO3. The Labute approximate surface area is 71.1 Å². The maximum absolute atomic E-state index is 11.1. The van der Waals surface area contributed by atoms with Gasteiger partial charge >= 0.3 is 5.97 Å². The van der Waals surface area contributed by atoms with E-state index in [1.807, 2.05) is 6.92 Å². The van der Waals surface area contributed by atoms with Crippen LogP contribution >= 0.6 is 0 Å². The van der Waals surface area contributed by atoms with Gasteiger partial charge in [-0.15, -0.1) is 0 Å². The van der Waals surface area contributed by atoms with Gasteiger partial charge in [0.25, 0.3) is 0 Å². The molecular weight excluding hydrogens is 158 g/mol. The molecule has 4 nitrogen and oxygen atoms in total. The molecule has 0 atom stereocenters. The molecule has 0 rings (SSSR count). The summed E-state index contributed by atoms with van der Waals surface area (Å²) >= 11 is 0. The topological polar surface area (TPSA) is 80.4 Å². The highest BCUT2D eigenvalue weighted by atomic mass is 16.4. The Balaban J connectivity index is 4.67. The van der Waals surface area contributed by atoms with E-state index in [-0.39, 0.29) is 17.7 Å². The third kappa shape index (κ3) is 2.74. The number of ketones is 1. The van der Waals surface area contributed by atoms with Crippen LogP contribution in [0.1, 0.15) is 26.7 Å². The van der Waals surface area contributed by atoms with Crippen molar-refractivity contribution in [2.24, 2.45) is 5.73 Å². The molecule has 0 bridgehead atoms. The van der Waals surface area contributed by atoms with E-state index in [0.717, 1.165) is 0 Å². The summed E-state index contributed by atoms with van der Waals surface area (Å²) < 4.78 is 0. The lowest BCUT2D eigenvalue weighted by atomic mass is 10.1. The van der Waals surface area contributed by atoms with E-state index in [4.69, 9.17) is 10.8 Å². The summed E-state index contributed by atoms with van der Waals surface area (Å²) in [7, 11) is 0. The highest BCUT2D eigenvalue weighted by Crippen LogP contribution is 2.05. The van der Waals surface area contributed by atoms with Crippen LogP contribution in [0, 0.1) is 0 Å². The summed E-state index contributed by atoms with van der Waals surface area (Å²) in [6.45, 7) is 3.22. The van der Waals surface area contributed by atoms with Crippen LogP contribution in [0.25, 0.3) is 0 Å². The first kappa shape index (κ1) is 10.7. The fourth-order valence-electron chi connectivity index (χ4n) is 0.860. The molecule has 0 aliphatic carbocycles. The van der Waals surface area contributed by atoms with Gasteiger partial charge in [0.1, 0.15) is 5.57 Å². The minimum atomic E-state index is -1.24. The lowest BCUT2D eigenvalue weighted by molar-refractivity contribution is -0.134. The second-order valence-electron chi connectivity index (χ2n) is 2.54. The van der Waals surface area contributed by atoms with Crippen LogP contribution in [0.2, 0.25) is 0 Å². The van der Waals surface area contributed by atoms with E-state index >= 15 is 0 Å². The number of hydrogen-bond acceptors (Lipinski definition) is 3. The smallest absolute Gasteiger partial charge is 0.341 e. The lowest BCUT2D eigenvalue weighted by Crippen LogP contribution is -2.17. The number of rotatable bonds is 4. The molecule has 0 aromatic heterocycles. The number of carboxylic acids is 1. The molecule has 0 saturated carbocycles. The normalized spacial score (nSPS) is 12.2. The Kier molecular flexibility index (Phi) is 4.04. The standard InChI is InChI=1S/C8H13NO3/c1-3-4-6(10)7(5(2)9)8(11)12/h3-4,9H2,1-2H3,(H,11,12). The molecule has 0 aliphatic heterocycles. The molecule has 0 spiro atoms. The van der Waals surface area contributed by atoms with Crippen LogP contribution in [-0.2, 0) is 9.59 Å². The number of allylic oxidation sites excluding steroid dienone is 1. The van der Waals surface area contributed by atoms with E-state index in [1.54, 1.807) is 0 Å². The number of carbonyl (C=O) groups excluding carboxylic acids is 1. The van der Waals surface area contributed by atoms with Crippen molar-refractivity contribution in [2.45, 2.75) is 26.7 Å². The Hall–Kier alpha value is -1.32. The highest BCUT2D eigenvalue weighted by molar-refractivity contribution is 6.17. The molecule has 0 aliphatic rings. The first-order valence-electron chi connectivity index (χ1n) is 3.73. The van der Waals surface area contributed by atoms with Gasteiger partial charge in [-0.25, -0.2) is 4.79 Å². The van der Waals surface area contributed by atoms with Crippen LogP contribution in [0.4, 0.5) is 0 Å². The van der Waals surface area contributed by atoms with Crippen molar-refractivity contribution < 1.29 is 14.7 Å². The van der Waals surface area contributed by atoms with Gasteiger partial charge < -0.3 is 10.8 Å². The summed E-state index contributed by atoms with van der Waals surface area (Å²) in [5, 5.41) is 8.58. The number of hydrogen-bond donors (Lipinski definition) is 2. The van der Waals surface area contributed by atoms with Crippen LogP contribution in [0.15, 0.2) is 11.3 Å². The van der Waals surface area contributed by atoms with Crippen molar-refractivity contribution in [1.82, 2.24) is 0 Å². The molecule has 0 saturated heterocycles. The van der Waals surface area contributed by atoms with E-state index in [0.29, 0.717) is 6.42 Å². The predicted octanol–water partition coefficient (Wildman–Crippen LogP) is 0.673. The molecule has 0 aromatic carbocycles. The Morgan fingerprint density at radius 2 is 1.92 bits per heavy atom. The number of nitrogens with two attached hydrogens (primary N) is 1. The van der Waals surface area contributed by atoms with Crippen LogP contribution in [0.5, 0.6) is 0 Å². The van der Waals surface area contributed by atoms with Crippen molar-refractivity contribution >= 4 is 11.8 Å². The molecule has 0 amide bonds. The van der Waals surface area contributed by atoms with E-state index in [9.17, 15) is 9.59 Å². The SMILES string of the molecule is CCCC(=O)C(C(=O)O)=C(C)N. The van der Waals surface area contributed by atoms with Crippen LogP contribution in [-0.4, -0.2) is 16.9 Å². The third-order valence-electron chi connectivity index (χ3n) is 1.36. The summed E-state index contributed by atoms with van der Waals surface area (Å²) in [4.78, 5) is 21.6. The molecule has 4 heteroatoms. The Morgan fingerprint density at radius 3 is 2.17 bits per heavy atom. The van der Waals surface area contributed by atoms with Gasteiger partial charge in [0.05, 0.1) is 0 Å². The van der Waals surface area contributed by atoms with Gasteiger partial charge in [-0.05, 0) is 13.3 Å². The molecule has 0 fully saturated rings. The van der Waals surface area contributed by atoms with Crippen LogP contribution < -0.4 is 5.73 Å². The van der Waals surface area contributed by atoms with Crippen molar-refractivity contribution in [3.05, 3.63) is 11.3 Å². The molecule has 0 radical (unpaired) electrons. The van der Waals surface area contributed by atoms with Crippen molar-refractivity contribution in [2.75, 3.05) is 0 Å². The fourth-order valence-corrected chi connectivity index (χ4v) is 0.860. The van der Waals surface area contributed by atoms with Gasteiger partial charge in [-0.1, -0.05) is 6.92 Å². The second kappa shape index (κ2) is 4.54. The molecule has 0 heterocycles. The van der Waals surface area contributed by atoms with E-state index in [1.165, 1.54) is 6.92 Å². The largest absolute Gasteiger partial charge is 0.477 e. The summed E-state index contributed by atoms with van der Waals surface area (Å²) in [6.07, 6.45) is 0.860. The van der Waals surface area contributed by atoms with Gasteiger partial charge in [0.2, 0.25) is 0 Å². The predicted molar refractivity (Wildman–Crippen MR) is 44.4 cm³/mol. The fraction of sp³-hybridized carbons (Fsp3) is 0.500. The first-order valence-corrected chi connectivity index (χ1v) is 3.73. The number of Topliss-reactive ketones (excluding diaryl/α,β-unsaturated/α-hetero) is 1. The summed E-state index contributed by atoms with van der Waals surface area (Å²) in [5.41, 5.74) is 5.04. The van der Waals surface area contributed by atoms with Gasteiger partial charge in [-0.2, -0.15) is 0 Å². The molecule has 68 valence electrons. The molecule has 0 aromatic rings. The average Bonchev–Trinajstić information content (AvgIpc) is 1.85. The number of carbonyl (C=O) groups is 2. The maximum Gasteiger partial charge on any atom is 0.341 e. The van der Waals surface area contributed by atoms with Crippen molar-refractivity contribution in [1.29, 1.82) is 0 Å². The quantitative estimate of drug-likeness (QED) is 0.370. The Bertz CT molecular complexity index is 226. The zero-order valence-corrected chi connectivity index (χ0v) is 7.26. The average molecular weight is 171 g/mol. The van der Waals surface area contributed by atoms with Gasteiger partial charge in [0, 0.05) is 12.1 Å². The van der Waals surface area contributed by atoms with Crippen molar-refractivity contribution in [3.8, 4) is 0 Å². The highest BCUT2D eigenvalue weighted by Gasteiger charge is 2.17. The Morgan fingerprint density at radius 1 is 1.42 bits per heavy atom. The lowest BCUT2D eigenvalue weighted by Gasteiger charge is -2.01. The second-order valence-corrected chi connectivity index (χ2v) is 2.54. The maximum atomic E-state index is 11.1. The number of aliphatic carboxylic acids is 1. The molecule has 0 unspecified atom stereocenters. The minimum Gasteiger partial charge on any atom is -0.477 e. The summed E-state index contributed by atoms with van der Waals surface area (Å²) in [6, 6.07) is 0. The first-order chi connectivity index (χ1) is 5.50. The monoisotopic (exact) mass is 171 g/mol. The van der Waals surface area contributed by atoms with E-state index in [2.05, 4.69) is 0 Å². The van der Waals surface area contributed by atoms with Gasteiger partial charge in [0.15, 0.2) is 5.78 Å². The van der Waals surface area contributed by atoms with E-state index < -0.39 is 11.8 Å². The zero-order chi connectivity index (χ0) is 9.72. The molecule has 3 N–H and O–H groups in total. The van der Waals surface area contributed by atoms with Gasteiger partial charge in [-0.3, -0.25) is 4.79 Å².